The molecule has 0 atom stereocenters. The fourth-order valence-electron chi connectivity index (χ4n) is 2.36. The predicted molar refractivity (Wildman–Crippen MR) is 76.4 cm³/mol. The summed E-state index contributed by atoms with van der Waals surface area (Å²) in [5.41, 5.74) is 3.93. The smallest absolute Gasteiger partial charge is 0.164 e. The first-order valence-electron chi connectivity index (χ1n) is 6.45. The van der Waals surface area contributed by atoms with Gasteiger partial charge in [-0.25, -0.2) is 0 Å². The summed E-state index contributed by atoms with van der Waals surface area (Å²) < 4.78 is 7.26. The fraction of sp³-hybridized carbons (Fsp3) is 0.312. The Hall–Kier alpha value is -2.03. The predicted octanol–water partition coefficient (Wildman–Crippen LogP) is 3.70. The van der Waals surface area contributed by atoms with Crippen molar-refractivity contribution < 1.29 is 9.53 Å². The number of carbonyl (C=O) groups is 1. The number of aryl methyl sites for hydroxylation is 1. The molecule has 1 aromatic heterocycles. The molecule has 0 unspecified atom stereocenters. The molecule has 3 nitrogen and oxygen atoms in total. The van der Waals surface area contributed by atoms with E-state index in [2.05, 4.69) is 4.57 Å². The zero-order valence-electron chi connectivity index (χ0n) is 11.9. The lowest BCUT2D eigenvalue weighted by Crippen LogP contribution is -2.02. The third-order valence-electron chi connectivity index (χ3n) is 3.38. The largest absolute Gasteiger partial charge is 0.497 e. The Kier molecular flexibility index (Phi) is 3.74. The standard InChI is InChI=1S/C16H19NO2/c1-5-16(18)15-10-11(2)17(12(15)3)13-6-8-14(19-4)9-7-13/h6-10H,5H2,1-4H3. The van der Waals surface area contributed by atoms with E-state index >= 15 is 0 Å². The Labute approximate surface area is 113 Å². The summed E-state index contributed by atoms with van der Waals surface area (Å²) in [6.07, 6.45) is 0.535. The van der Waals surface area contributed by atoms with E-state index < -0.39 is 0 Å². The van der Waals surface area contributed by atoms with Gasteiger partial charge in [0.05, 0.1) is 7.11 Å². The van der Waals surface area contributed by atoms with Crippen molar-refractivity contribution in [2.24, 2.45) is 0 Å². The van der Waals surface area contributed by atoms with Crippen LogP contribution in [0.3, 0.4) is 0 Å². The van der Waals surface area contributed by atoms with Gasteiger partial charge in [-0.05, 0) is 44.2 Å². The molecule has 1 heterocycles. The number of nitrogens with zero attached hydrogens (tertiary/aromatic N) is 1. The SMILES string of the molecule is CCC(=O)c1cc(C)n(-c2ccc(OC)cc2)c1C. The van der Waals surface area contributed by atoms with E-state index in [0.29, 0.717) is 6.42 Å². The summed E-state index contributed by atoms with van der Waals surface area (Å²) in [6, 6.07) is 9.81. The van der Waals surface area contributed by atoms with Crippen LogP contribution in [0.2, 0.25) is 0 Å². The first-order valence-corrected chi connectivity index (χ1v) is 6.45. The van der Waals surface area contributed by atoms with Crippen LogP contribution in [-0.2, 0) is 0 Å². The van der Waals surface area contributed by atoms with Crippen LogP contribution >= 0.6 is 0 Å². The van der Waals surface area contributed by atoms with Gasteiger partial charge in [0, 0.05) is 29.1 Å². The van der Waals surface area contributed by atoms with E-state index in [-0.39, 0.29) is 5.78 Å². The first-order chi connectivity index (χ1) is 9.08. The van der Waals surface area contributed by atoms with E-state index in [1.54, 1.807) is 7.11 Å². The Morgan fingerprint density at radius 2 is 1.84 bits per heavy atom. The van der Waals surface area contributed by atoms with Crippen molar-refractivity contribution in [2.75, 3.05) is 7.11 Å². The molecule has 0 amide bonds. The number of benzene rings is 1. The average molecular weight is 257 g/mol. The molecular formula is C16H19NO2. The number of carbonyl (C=O) groups excluding carboxylic acids is 1. The quantitative estimate of drug-likeness (QED) is 0.782. The molecule has 0 bridgehead atoms. The minimum atomic E-state index is 0.188. The molecule has 0 aliphatic rings. The van der Waals surface area contributed by atoms with Crippen molar-refractivity contribution in [3.63, 3.8) is 0 Å². The molecule has 2 rings (SSSR count). The van der Waals surface area contributed by atoms with Gasteiger partial charge in [0.25, 0.3) is 0 Å². The first kappa shape index (κ1) is 13.4. The van der Waals surface area contributed by atoms with E-state index in [1.807, 2.05) is 51.1 Å². The maximum Gasteiger partial charge on any atom is 0.164 e. The van der Waals surface area contributed by atoms with Gasteiger partial charge >= 0.3 is 0 Å². The Morgan fingerprint density at radius 3 is 2.37 bits per heavy atom. The van der Waals surface area contributed by atoms with Gasteiger partial charge in [0.15, 0.2) is 5.78 Å². The highest BCUT2D eigenvalue weighted by Crippen LogP contribution is 2.23. The lowest BCUT2D eigenvalue weighted by Gasteiger charge is -2.10. The highest BCUT2D eigenvalue weighted by Gasteiger charge is 2.15. The summed E-state index contributed by atoms with van der Waals surface area (Å²) in [5, 5.41) is 0. The molecule has 2 aromatic rings. The Morgan fingerprint density at radius 1 is 1.21 bits per heavy atom. The van der Waals surface area contributed by atoms with Crippen LogP contribution in [0.4, 0.5) is 0 Å². The molecular weight excluding hydrogens is 238 g/mol. The maximum absolute atomic E-state index is 11.9. The second kappa shape index (κ2) is 5.31. The third kappa shape index (κ3) is 2.41. The minimum absolute atomic E-state index is 0.188. The van der Waals surface area contributed by atoms with Gasteiger partial charge in [-0.3, -0.25) is 4.79 Å². The van der Waals surface area contributed by atoms with Gasteiger partial charge < -0.3 is 9.30 Å². The van der Waals surface area contributed by atoms with Crippen molar-refractivity contribution in [3.8, 4) is 11.4 Å². The number of rotatable bonds is 4. The molecule has 0 radical (unpaired) electrons. The van der Waals surface area contributed by atoms with E-state index in [9.17, 15) is 4.79 Å². The second-order valence-electron chi connectivity index (χ2n) is 4.59. The lowest BCUT2D eigenvalue weighted by atomic mass is 10.1. The number of ketones is 1. The number of hydrogen-bond donors (Lipinski definition) is 0. The number of methoxy groups -OCH3 is 1. The molecule has 0 aliphatic heterocycles. The molecule has 0 saturated heterocycles. The summed E-state index contributed by atoms with van der Waals surface area (Å²) in [4.78, 5) is 11.9. The molecule has 0 spiro atoms. The fourth-order valence-corrected chi connectivity index (χ4v) is 2.36. The van der Waals surface area contributed by atoms with Gasteiger partial charge in [-0.1, -0.05) is 6.92 Å². The average Bonchev–Trinajstić information content (AvgIpc) is 2.73. The summed E-state index contributed by atoms with van der Waals surface area (Å²) in [7, 11) is 1.65. The van der Waals surface area contributed by atoms with E-state index in [0.717, 1.165) is 28.4 Å². The monoisotopic (exact) mass is 257 g/mol. The molecule has 1 aromatic carbocycles. The van der Waals surface area contributed by atoms with Crippen molar-refractivity contribution in [2.45, 2.75) is 27.2 Å². The highest BCUT2D eigenvalue weighted by atomic mass is 16.5. The number of aromatic nitrogens is 1. The van der Waals surface area contributed by atoms with Crippen LogP contribution in [0.15, 0.2) is 30.3 Å². The van der Waals surface area contributed by atoms with Crippen LogP contribution in [0.25, 0.3) is 5.69 Å². The molecule has 0 N–H and O–H groups in total. The molecule has 100 valence electrons. The van der Waals surface area contributed by atoms with Crippen LogP contribution in [0.5, 0.6) is 5.75 Å². The third-order valence-corrected chi connectivity index (χ3v) is 3.38. The Balaban J connectivity index is 2.49. The van der Waals surface area contributed by atoms with Crippen molar-refractivity contribution in [1.82, 2.24) is 4.57 Å². The topological polar surface area (TPSA) is 31.2 Å². The summed E-state index contributed by atoms with van der Waals surface area (Å²) in [5.74, 6) is 1.02. The molecule has 0 aliphatic carbocycles. The van der Waals surface area contributed by atoms with Crippen molar-refractivity contribution >= 4 is 5.78 Å². The molecule has 3 heteroatoms. The van der Waals surface area contributed by atoms with Crippen molar-refractivity contribution in [3.05, 3.63) is 47.3 Å². The number of hydrogen-bond acceptors (Lipinski definition) is 2. The van der Waals surface area contributed by atoms with Gasteiger partial charge in [0.1, 0.15) is 5.75 Å². The minimum Gasteiger partial charge on any atom is -0.497 e. The molecule has 0 fully saturated rings. The zero-order valence-corrected chi connectivity index (χ0v) is 11.9. The Bertz CT molecular complexity index is 594. The number of ether oxygens (including phenoxy) is 1. The van der Waals surface area contributed by atoms with Crippen LogP contribution in [0, 0.1) is 13.8 Å². The van der Waals surface area contributed by atoms with E-state index in [1.165, 1.54) is 0 Å². The normalized spacial score (nSPS) is 10.5. The second-order valence-corrected chi connectivity index (χ2v) is 4.59. The summed E-state index contributed by atoms with van der Waals surface area (Å²) in [6.45, 7) is 5.89. The number of Topliss-reactive ketones (excluding diaryl/α,β-unsaturated/α-hetero) is 1. The van der Waals surface area contributed by atoms with Gasteiger partial charge in [0.2, 0.25) is 0 Å². The highest BCUT2D eigenvalue weighted by molar-refractivity contribution is 5.97. The van der Waals surface area contributed by atoms with Gasteiger partial charge in [-0.2, -0.15) is 0 Å². The lowest BCUT2D eigenvalue weighted by molar-refractivity contribution is 0.0987. The van der Waals surface area contributed by atoms with Crippen LogP contribution in [0.1, 0.15) is 35.1 Å². The molecule has 0 saturated carbocycles. The van der Waals surface area contributed by atoms with Gasteiger partial charge in [-0.15, -0.1) is 0 Å². The zero-order chi connectivity index (χ0) is 14.0. The van der Waals surface area contributed by atoms with Crippen LogP contribution < -0.4 is 4.74 Å². The van der Waals surface area contributed by atoms with Crippen molar-refractivity contribution in [1.29, 1.82) is 0 Å². The van der Waals surface area contributed by atoms with E-state index in [4.69, 9.17) is 4.74 Å². The van der Waals surface area contributed by atoms with Crippen LogP contribution in [-0.4, -0.2) is 17.5 Å². The maximum atomic E-state index is 11.9. The summed E-state index contributed by atoms with van der Waals surface area (Å²) >= 11 is 0. The molecule has 19 heavy (non-hydrogen) atoms.